The summed E-state index contributed by atoms with van der Waals surface area (Å²) in [5, 5.41) is 4.75. The molecular weight excluding hydrogens is 293 g/mol. The van der Waals surface area contributed by atoms with Gasteiger partial charge in [0.15, 0.2) is 0 Å². The highest BCUT2D eigenvalue weighted by Gasteiger charge is 2.16. The Hall–Kier alpha value is -0.150. The topological polar surface area (TPSA) is 21.3 Å². The van der Waals surface area contributed by atoms with Gasteiger partial charge >= 0.3 is 0 Å². The molecule has 0 saturated heterocycles. The molecule has 0 atom stereocenters. The normalized spacial score (nSPS) is 15.5. The third-order valence-electron chi connectivity index (χ3n) is 3.23. The lowest BCUT2D eigenvalue weighted by Crippen LogP contribution is -2.25. The van der Waals surface area contributed by atoms with Crippen LogP contribution in [0.1, 0.15) is 31.2 Å². The fourth-order valence-corrected chi connectivity index (χ4v) is 2.97. The van der Waals surface area contributed by atoms with Gasteiger partial charge in [0.25, 0.3) is 0 Å². The van der Waals surface area contributed by atoms with Crippen LogP contribution in [0.2, 0.25) is 10.0 Å². The van der Waals surface area contributed by atoms with E-state index in [0.717, 1.165) is 17.9 Å². The lowest BCUT2D eigenvalue weighted by atomic mass is 10.1. The highest BCUT2D eigenvalue weighted by atomic mass is 35.5. The van der Waals surface area contributed by atoms with Gasteiger partial charge < -0.3 is 10.1 Å². The van der Waals surface area contributed by atoms with Crippen molar-refractivity contribution < 1.29 is 4.74 Å². The number of methoxy groups -OCH3 is 1. The van der Waals surface area contributed by atoms with Gasteiger partial charge in [0, 0.05) is 23.2 Å². The van der Waals surface area contributed by atoms with E-state index < -0.39 is 0 Å². The average Bonchev–Trinajstić information content (AvgIpc) is 2.78. The second-order valence-electron chi connectivity index (χ2n) is 4.44. The van der Waals surface area contributed by atoms with E-state index in [1.54, 1.807) is 13.2 Å². The molecule has 102 valence electrons. The summed E-state index contributed by atoms with van der Waals surface area (Å²) >= 11 is 12.1. The van der Waals surface area contributed by atoms with E-state index in [0.29, 0.717) is 16.1 Å². The Morgan fingerprint density at radius 3 is 2.56 bits per heavy atom. The Morgan fingerprint density at radius 1 is 1.28 bits per heavy atom. The van der Waals surface area contributed by atoms with Crippen LogP contribution in [0.5, 0.6) is 5.75 Å². The molecule has 1 aliphatic rings. The maximum Gasteiger partial charge on any atom is 0.142 e. The SMILES string of the molecule is COc1c(Cl)cc(Cl)cc1CNC1CCCC1.Cl. The van der Waals surface area contributed by atoms with Gasteiger partial charge in [-0.3, -0.25) is 0 Å². The number of hydrogen-bond acceptors (Lipinski definition) is 2. The molecule has 0 unspecified atom stereocenters. The summed E-state index contributed by atoms with van der Waals surface area (Å²) in [6.07, 6.45) is 5.17. The van der Waals surface area contributed by atoms with Crippen molar-refractivity contribution in [2.24, 2.45) is 0 Å². The van der Waals surface area contributed by atoms with Crippen LogP contribution in [0.15, 0.2) is 12.1 Å². The number of benzene rings is 1. The fraction of sp³-hybridized carbons (Fsp3) is 0.538. The van der Waals surface area contributed by atoms with Crippen LogP contribution in [0.3, 0.4) is 0 Å². The van der Waals surface area contributed by atoms with Crippen LogP contribution < -0.4 is 10.1 Å². The van der Waals surface area contributed by atoms with E-state index in [9.17, 15) is 0 Å². The Morgan fingerprint density at radius 2 is 1.94 bits per heavy atom. The molecule has 1 aliphatic carbocycles. The summed E-state index contributed by atoms with van der Waals surface area (Å²) in [7, 11) is 1.63. The van der Waals surface area contributed by atoms with Crippen LogP contribution in [0, 0.1) is 0 Å². The van der Waals surface area contributed by atoms with E-state index >= 15 is 0 Å². The Kier molecular flexibility index (Phi) is 6.58. The lowest BCUT2D eigenvalue weighted by molar-refractivity contribution is 0.405. The summed E-state index contributed by atoms with van der Waals surface area (Å²) in [6, 6.07) is 4.24. The number of ether oxygens (including phenoxy) is 1. The number of nitrogens with one attached hydrogen (secondary N) is 1. The highest BCUT2D eigenvalue weighted by molar-refractivity contribution is 6.35. The lowest BCUT2D eigenvalue weighted by Gasteiger charge is -2.15. The van der Waals surface area contributed by atoms with E-state index in [-0.39, 0.29) is 12.4 Å². The first kappa shape index (κ1) is 15.9. The maximum absolute atomic E-state index is 6.09. The van der Waals surface area contributed by atoms with Crippen molar-refractivity contribution in [2.75, 3.05) is 7.11 Å². The second-order valence-corrected chi connectivity index (χ2v) is 5.29. The molecule has 0 amide bonds. The van der Waals surface area contributed by atoms with Gasteiger partial charge in [-0.15, -0.1) is 12.4 Å². The van der Waals surface area contributed by atoms with Gasteiger partial charge in [-0.05, 0) is 25.0 Å². The molecule has 2 rings (SSSR count). The Labute approximate surface area is 124 Å². The first-order valence-electron chi connectivity index (χ1n) is 5.96. The van der Waals surface area contributed by atoms with Gasteiger partial charge in [-0.2, -0.15) is 0 Å². The predicted molar refractivity (Wildman–Crippen MR) is 79.4 cm³/mol. The zero-order valence-corrected chi connectivity index (χ0v) is 12.7. The minimum atomic E-state index is 0. The minimum absolute atomic E-state index is 0. The van der Waals surface area contributed by atoms with Gasteiger partial charge in [-0.1, -0.05) is 36.0 Å². The molecule has 0 bridgehead atoms. The predicted octanol–water partition coefficient (Wildman–Crippen LogP) is 4.46. The van der Waals surface area contributed by atoms with Gasteiger partial charge in [-0.25, -0.2) is 0 Å². The molecular formula is C13H18Cl3NO. The summed E-state index contributed by atoms with van der Waals surface area (Å²) < 4.78 is 5.32. The van der Waals surface area contributed by atoms with E-state index in [2.05, 4.69) is 5.32 Å². The van der Waals surface area contributed by atoms with E-state index in [1.165, 1.54) is 25.7 Å². The molecule has 18 heavy (non-hydrogen) atoms. The molecule has 0 radical (unpaired) electrons. The monoisotopic (exact) mass is 309 g/mol. The number of rotatable bonds is 4. The van der Waals surface area contributed by atoms with E-state index in [1.807, 2.05) is 6.07 Å². The third-order valence-corrected chi connectivity index (χ3v) is 3.72. The van der Waals surface area contributed by atoms with Crippen LogP contribution in [-0.2, 0) is 6.54 Å². The minimum Gasteiger partial charge on any atom is -0.495 e. The quantitative estimate of drug-likeness (QED) is 0.886. The van der Waals surface area contributed by atoms with Crippen molar-refractivity contribution in [1.29, 1.82) is 0 Å². The molecule has 1 aromatic carbocycles. The Bertz CT molecular complexity index is 392. The average molecular weight is 311 g/mol. The number of hydrogen-bond donors (Lipinski definition) is 1. The zero-order valence-electron chi connectivity index (χ0n) is 10.3. The van der Waals surface area contributed by atoms with Gasteiger partial charge in [0.2, 0.25) is 0 Å². The Balaban J connectivity index is 0.00000162. The summed E-state index contributed by atoms with van der Waals surface area (Å²) in [6.45, 7) is 0.758. The van der Waals surface area contributed by atoms with Crippen molar-refractivity contribution in [3.8, 4) is 5.75 Å². The van der Waals surface area contributed by atoms with Crippen LogP contribution in [0.4, 0.5) is 0 Å². The van der Waals surface area contributed by atoms with Crippen LogP contribution in [-0.4, -0.2) is 13.2 Å². The van der Waals surface area contributed by atoms with Crippen molar-refractivity contribution in [1.82, 2.24) is 5.32 Å². The summed E-state index contributed by atoms with van der Waals surface area (Å²) in [5.41, 5.74) is 1.02. The molecule has 1 fully saturated rings. The second kappa shape index (κ2) is 7.44. The summed E-state index contributed by atoms with van der Waals surface area (Å²) in [5.74, 6) is 0.724. The molecule has 1 aromatic rings. The largest absolute Gasteiger partial charge is 0.495 e. The van der Waals surface area contributed by atoms with Crippen LogP contribution in [0.25, 0.3) is 0 Å². The molecule has 1 saturated carbocycles. The highest BCUT2D eigenvalue weighted by Crippen LogP contribution is 2.32. The molecule has 5 heteroatoms. The van der Waals surface area contributed by atoms with Crippen molar-refractivity contribution in [3.05, 3.63) is 27.7 Å². The smallest absolute Gasteiger partial charge is 0.142 e. The molecule has 0 aromatic heterocycles. The molecule has 0 spiro atoms. The molecule has 1 N–H and O–H groups in total. The van der Waals surface area contributed by atoms with Crippen LogP contribution >= 0.6 is 35.6 Å². The first-order chi connectivity index (χ1) is 8.20. The van der Waals surface area contributed by atoms with Crippen molar-refractivity contribution in [3.63, 3.8) is 0 Å². The standard InChI is InChI=1S/C13H17Cl2NO.ClH/c1-17-13-9(6-10(14)7-12(13)15)8-16-11-4-2-3-5-11;/h6-7,11,16H,2-5,8H2,1H3;1H. The van der Waals surface area contributed by atoms with E-state index in [4.69, 9.17) is 27.9 Å². The maximum atomic E-state index is 6.09. The van der Waals surface area contributed by atoms with Gasteiger partial charge in [0.1, 0.15) is 5.75 Å². The third kappa shape index (κ3) is 3.92. The van der Waals surface area contributed by atoms with Crippen molar-refractivity contribution >= 4 is 35.6 Å². The van der Waals surface area contributed by atoms with Crippen molar-refractivity contribution in [2.45, 2.75) is 38.3 Å². The molecule has 0 heterocycles. The fourth-order valence-electron chi connectivity index (χ4n) is 2.36. The zero-order chi connectivity index (χ0) is 12.3. The number of halogens is 3. The molecule has 0 aliphatic heterocycles. The summed E-state index contributed by atoms with van der Waals surface area (Å²) in [4.78, 5) is 0. The first-order valence-corrected chi connectivity index (χ1v) is 6.71. The molecule has 2 nitrogen and oxygen atoms in total. The van der Waals surface area contributed by atoms with Gasteiger partial charge in [0.05, 0.1) is 12.1 Å².